The van der Waals surface area contributed by atoms with Gasteiger partial charge < -0.3 is 4.90 Å². The first kappa shape index (κ1) is 20.1. The molecule has 28 heavy (non-hydrogen) atoms. The number of hydrogen-bond donors (Lipinski definition) is 1. The Hall–Kier alpha value is -2.64. The highest BCUT2D eigenvalue weighted by atomic mass is 35.5. The zero-order chi connectivity index (χ0) is 20.6. The number of hydrogen-bond acceptors (Lipinski definition) is 4. The summed E-state index contributed by atoms with van der Waals surface area (Å²) >= 11 is 12.2. The van der Waals surface area contributed by atoms with E-state index >= 15 is 0 Å². The summed E-state index contributed by atoms with van der Waals surface area (Å²) in [7, 11) is 1.64. The molecule has 0 aliphatic rings. The Morgan fingerprint density at radius 2 is 2.00 bits per heavy atom. The highest BCUT2D eigenvalue weighted by Crippen LogP contribution is 2.29. The molecule has 1 aromatic carbocycles. The fourth-order valence-electron chi connectivity index (χ4n) is 3.01. The SMILES string of the molecule is CCn1c(=O)[nH]c(=O)c2cc(C(=O)N(C)[C@@H](C)c3ccc(Cl)cc3Cl)cnc21. The van der Waals surface area contributed by atoms with Gasteiger partial charge in [0.05, 0.1) is 17.0 Å². The highest BCUT2D eigenvalue weighted by Gasteiger charge is 2.22. The molecule has 1 amide bonds. The zero-order valence-corrected chi connectivity index (χ0v) is 17.0. The van der Waals surface area contributed by atoms with Crippen LogP contribution in [0.25, 0.3) is 11.0 Å². The van der Waals surface area contributed by atoms with E-state index in [-0.39, 0.29) is 28.5 Å². The summed E-state index contributed by atoms with van der Waals surface area (Å²) in [5.74, 6) is -0.332. The van der Waals surface area contributed by atoms with Gasteiger partial charge in [-0.05, 0) is 37.6 Å². The van der Waals surface area contributed by atoms with Crippen molar-refractivity contribution in [1.82, 2.24) is 19.4 Å². The van der Waals surface area contributed by atoms with Crippen molar-refractivity contribution in [2.45, 2.75) is 26.4 Å². The number of aromatic nitrogens is 3. The normalized spacial score (nSPS) is 12.2. The van der Waals surface area contributed by atoms with Crippen molar-refractivity contribution in [2.75, 3.05) is 7.05 Å². The quantitative estimate of drug-likeness (QED) is 0.701. The Morgan fingerprint density at radius 3 is 2.64 bits per heavy atom. The molecule has 146 valence electrons. The standard InChI is InChI=1S/C19H18Cl2N4O3/c1-4-25-16-14(17(26)23-19(25)28)7-11(9-22-16)18(27)24(3)10(2)13-6-5-12(20)8-15(13)21/h5-10H,4H2,1-3H3,(H,23,26,28)/t10-/m0/s1. The van der Waals surface area contributed by atoms with Crippen LogP contribution in [0.5, 0.6) is 0 Å². The van der Waals surface area contributed by atoms with Crippen molar-refractivity contribution in [3.8, 4) is 0 Å². The van der Waals surface area contributed by atoms with Crippen LogP contribution in [0, 0.1) is 0 Å². The number of fused-ring (bicyclic) bond motifs is 1. The molecule has 0 bridgehead atoms. The minimum absolute atomic E-state index is 0.179. The lowest BCUT2D eigenvalue weighted by atomic mass is 10.1. The molecule has 0 unspecified atom stereocenters. The lowest BCUT2D eigenvalue weighted by Crippen LogP contribution is -2.32. The molecule has 3 rings (SSSR count). The summed E-state index contributed by atoms with van der Waals surface area (Å²) in [6.07, 6.45) is 1.36. The molecule has 1 N–H and O–H groups in total. The van der Waals surface area contributed by atoms with Crippen LogP contribution in [0.4, 0.5) is 0 Å². The number of pyridine rings is 1. The zero-order valence-electron chi connectivity index (χ0n) is 15.5. The van der Waals surface area contributed by atoms with E-state index in [2.05, 4.69) is 9.97 Å². The van der Waals surface area contributed by atoms with E-state index in [4.69, 9.17) is 23.2 Å². The summed E-state index contributed by atoms with van der Waals surface area (Å²) < 4.78 is 1.34. The monoisotopic (exact) mass is 420 g/mol. The number of aryl methyl sites for hydroxylation is 1. The molecular weight excluding hydrogens is 403 g/mol. The maximum atomic E-state index is 13.0. The first-order valence-electron chi connectivity index (χ1n) is 8.59. The van der Waals surface area contributed by atoms with Crippen LogP contribution in [-0.2, 0) is 6.54 Å². The maximum Gasteiger partial charge on any atom is 0.329 e. The molecule has 0 radical (unpaired) electrons. The lowest BCUT2D eigenvalue weighted by Gasteiger charge is -2.26. The average Bonchev–Trinajstić information content (AvgIpc) is 2.66. The minimum atomic E-state index is -0.580. The number of aromatic amines is 1. The first-order chi connectivity index (χ1) is 13.2. The Kier molecular flexibility index (Phi) is 5.58. The fraction of sp³-hybridized carbons (Fsp3) is 0.263. The molecule has 0 spiro atoms. The van der Waals surface area contributed by atoms with Crippen LogP contribution < -0.4 is 11.2 Å². The second kappa shape index (κ2) is 7.77. The van der Waals surface area contributed by atoms with E-state index in [0.717, 1.165) is 5.56 Å². The van der Waals surface area contributed by atoms with Gasteiger partial charge in [-0.25, -0.2) is 9.78 Å². The predicted molar refractivity (Wildman–Crippen MR) is 109 cm³/mol. The van der Waals surface area contributed by atoms with Crippen LogP contribution in [0.2, 0.25) is 10.0 Å². The van der Waals surface area contributed by atoms with Crippen LogP contribution in [0.1, 0.15) is 35.8 Å². The van der Waals surface area contributed by atoms with Gasteiger partial charge in [0.1, 0.15) is 5.65 Å². The predicted octanol–water partition coefficient (Wildman–Crippen LogP) is 3.24. The van der Waals surface area contributed by atoms with Crippen LogP contribution >= 0.6 is 23.2 Å². The van der Waals surface area contributed by atoms with Crippen molar-refractivity contribution in [1.29, 1.82) is 0 Å². The number of rotatable bonds is 4. The van der Waals surface area contributed by atoms with Crippen molar-refractivity contribution >= 4 is 40.1 Å². The van der Waals surface area contributed by atoms with Gasteiger partial charge in [-0.15, -0.1) is 0 Å². The summed E-state index contributed by atoms with van der Waals surface area (Å²) in [6, 6.07) is 6.20. The van der Waals surface area contributed by atoms with Crippen molar-refractivity contribution in [3.05, 3.63) is 72.5 Å². The van der Waals surface area contributed by atoms with Gasteiger partial charge in [-0.2, -0.15) is 0 Å². The smallest absolute Gasteiger partial charge is 0.329 e. The molecule has 7 nitrogen and oxygen atoms in total. The average molecular weight is 421 g/mol. The van der Waals surface area contributed by atoms with Gasteiger partial charge in [0.25, 0.3) is 11.5 Å². The van der Waals surface area contributed by atoms with Gasteiger partial charge in [0.15, 0.2) is 0 Å². The van der Waals surface area contributed by atoms with Crippen molar-refractivity contribution < 1.29 is 4.79 Å². The van der Waals surface area contributed by atoms with Crippen LogP contribution in [0.15, 0.2) is 40.1 Å². The van der Waals surface area contributed by atoms with E-state index in [1.54, 1.807) is 32.2 Å². The van der Waals surface area contributed by atoms with Gasteiger partial charge >= 0.3 is 5.69 Å². The number of nitrogens with zero attached hydrogens (tertiary/aromatic N) is 3. The molecule has 0 saturated carbocycles. The highest BCUT2D eigenvalue weighted by molar-refractivity contribution is 6.35. The Morgan fingerprint density at radius 1 is 1.29 bits per heavy atom. The topological polar surface area (TPSA) is 88.1 Å². The van der Waals surface area contributed by atoms with Gasteiger partial charge in [-0.3, -0.25) is 19.1 Å². The molecule has 3 aromatic rings. The molecule has 0 aliphatic carbocycles. The minimum Gasteiger partial charge on any atom is -0.335 e. The number of carbonyl (C=O) groups is 1. The number of carbonyl (C=O) groups excluding carboxylic acids is 1. The van der Waals surface area contributed by atoms with E-state index in [9.17, 15) is 14.4 Å². The van der Waals surface area contributed by atoms with Crippen molar-refractivity contribution in [2.24, 2.45) is 0 Å². The molecule has 2 heterocycles. The van der Waals surface area contributed by atoms with E-state index in [1.165, 1.54) is 21.7 Å². The molecule has 1 atom stereocenters. The lowest BCUT2D eigenvalue weighted by molar-refractivity contribution is 0.0742. The summed E-state index contributed by atoms with van der Waals surface area (Å²) in [5.41, 5.74) is 0.106. The number of nitrogens with one attached hydrogen (secondary N) is 1. The summed E-state index contributed by atoms with van der Waals surface area (Å²) in [5, 5.41) is 1.15. The maximum absolute atomic E-state index is 13.0. The number of benzene rings is 1. The van der Waals surface area contributed by atoms with Gasteiger partial charge in [0.2, 0.25) is 0 Å². The van der Waals surface area contributed by atoms with E-state index in [0.29, 0.717) is 16.6 Å². The largest absolute Gasteiger partial charge is 0.335 e. The number of amides is 1. The van der Waals surface area contributed by atoms with E-state index in [1.807, 2.05) is 6.92 Å². The van der Waals surface area contributed by atoms with Crippen molar-refractivity contribution in [3.63, 3.8) is 0 Å². The third kappa shape index (κ3) is 3.55. The molecule has 0 saturated heterocycles. The van der Waals surface area contributed by atoms with Gasteiger partial charge in [0, 0.05) is 29.8 Å². The summed E-state index contributed by atoms with van der Waals surface area (Å²) in [4.78, 5) is 45.0. The molecule has 9 heteroatoms. The first-order valence-corrected chi connectivity index (χ1v) is 9.35. The van der Waals surface area contributed by atoms with E-state index < -0.39 is 11.2 Å². The molecule has 0 aliphatic heterocycles. The molecule has 0 fully saturated rings. The molecular formula is C19H18Cl2N4O3. The number of halogens is 2. The third-order valence-electron chi connectivity index (χ3n) is 4.71. The molecule has 2 aromatic heterocycles. The Labute approximate surface area is 170 Å². The number of H-pyrrole nitrogens is 1. The third-order valence-corrected chi connectivity index (χ3v) is 5.27. The fourth-order valence-corrected chi connectivity index (χ4v) is 3.57. The second-order valence-electron chi connectivity index (χ2n) is 6.36. The second-order valence-corrected chi connectivity index (χ2v) is 7.20. The Bertz CT molecular complexity index is 1190. The van der Waals surface area contributed by atoms with Crippen LogP contribution in [-0.4, -0.2) is 32.4 Å². The van der Waals surface area contributed by atoms with Crippen LogP contribution in [0.3, 0.4) is 0 Å². The summed E-state index contributed by atoms with van der Waals surface area (Å²) in [6.45, 7) is 3.95. The van der Waals surface area contributed by atoms with Gasteiger partial charge in [-0.1, -0.05) is 29.3 Å². The Balaban J connectivity index is 2.01.